The molecule has 0 aliphatic carbocycles. The molecule has 1 aliphatic heterocycles. The molecule has 0 atom stereocenters. The number of anilines is 2. The Morgan fingerprint density at radius 3 is 1.14 bits per heavy atom. The Labute approximate surface area is 277 Å². The van der Waals surface area contributed by atoms with E-state index in [0.29, 0.717) is 24.2 Å². The minimum absolute atomic E-state index is 0. The van der Waals surface area contributed by atoms with E-state index in [-0.39, 0.29) is 26.5 Å². The molecule has 0 unspecified atom stereocenters. The molecule has 6 nitrogen and oxygen atoms in total. The monoisotopic (exact) mass is 666 g/mol. The third-order valence-corrected chi connectivity index (χ3v) is 7.96. The molecule has 0 bridgehead atoms. The number of nitrogens with zero attached hydrogens (tertiary/aromatic N) is 2. The van der Waals surface area contributed by atoms with Crippen LogP contribution in [0.3, 0.4) is 0 Å². The molecule has 0 fully saturated rings. The van der Waals surface area contributed by atoms with Gasteiger partial charge in [-0.15, -0.1) is 11.5 Å². The van der Waals surface area contributed by atoms with Crippen molar-refractivity contribution in [2.24, 2.45) is 9.98 Å². The second-order valence-corrected chi connectivity index (χ2v) is 13.5. The summed E-state index contributed by atoms with van der Waals surface area (Å²) >= 11 is 12.4. The molecular weight excluding hydrogens is 626 g/mol. The number of aryl methyl sites for hydroxylation is 4. The maximum atomic E-state index is 12.2. The molecule has 0 saturated carbocycles. The van der Waals surface area contributed by atoms with Gasteiger partial charge in [0, 0.05) is 11.4 Å². The predicted octanol–water partition coefficient (Wildman–Crippen LogP) is 7.99. The van der Waals surface area contributed by atoms with Crippen molar-refractivity contribution in [2.75, 3.05) is 23.7 Å². The summed E-state index contributed by atoms with van der Waals surface area (Å²) in [6.45, 7) is 20.9. The number of benzene rings is 3. The molecule has 3 aromatic rings. The summed E-state index contributed by atoms with van der Waals surface area (Å²) in [4.78, 5) is 9.31. The van der Waals surface area contributed by atoms with Gasteiger partial charge in [-0.25, -0.2) is 0 Å². The summed E-state index contributed by atoms with van der Waals surface area (Å²) < 4.78 is 0. The third kappa shape index (κ3) is 8.47. The first-order valence-electron chi connectivity index (χ1n) is 14.1. The summed E-state index contributed by atoms with van der Waals surface area (Å²) in [7, 11) is 0. The fraction of sp³-hybridized carbons (Fsp3) is 0.412. The van der Waals surface area contributed by atoms with Crippen LogP contribution in [0.1, 0.15) is 74.9 Å². The van der Waals surface area contributed by atoms with Crippen LogP contribution in [0, 0.1) is 27.7 Å². The van der Waals surface area contributed by atoms with Crippen molar-refractivity contribution in [3.05, 3.63) is 79.8 Å². The summed E-state index contributed by atoms with van der Waals surface area (Å²) in [5.41, 5.74) is 6.61. The van der Waals surface area contributed by atoms with E-state index in [0.717, 1.165) is 23.0 Å². The average Bonchev–Trinajstić information content (AvgIpc) is 2.87. The van der Waals surface area contributed by atoms with E-state index in [2.05, 4.69) is 84.7 Å². The Balaban J connectivity index is 0.000000306. The van der Waals surface area contributed by atoms with E-state index in [1.165, 1.54) is 22.3 Å². The van der Waals surface area contributed by atoms with Crippen LogP contribution in [-0.4, -0.2) is 24.8 Å². The molecule has 0 amide bonds. The van der Waals surface area contributed by atoms with Crippen molar-refractivity contribution >= 4 is 46.2 Å². The number of halogens is 2. The average molecular weight is 668 g/mol. The number of hydrogen-bond acceptors (Lipinski definition) is 6. The Hall–Kier alpha value is -2.73. The number of amidine groups is 2. The normalized spacial score (nSPS) is 13.2. The van der Waals surface area contributed by atoms with Crippen molar-refractivity contribution in [3.63, 3.8) is 0 Å². The predicted molar refractivity (Wildman–Crippen MR) is 176 cm³/mol. The SMILES string of the molecule is CC(C)(C)c1c([O-])c([O-])c(C(C)(C)C)c(Cl)c1Cl.Cc1cccc(C)c1NC1=NCCN=C1Nc1c(C)cccc1C.[Ni+2]. The van der Waals surface area contributed by atoms with E-state index in [4.69, 9.17) is 23.2 Å². The van der Waals surface area contributed by atoms with Gasteiger partial charge in [-0.3, -0.25) is 9.98 Å². The van der Waals surface area contributed by atoms with Crippen molar-refractivity contribution in [1.29, 1.82) is 0 Å². The Morgan fingerprint density at radius 2 is 0.884 bits per heavy atom. The summed E-state index contributed by atoms with van der Waals surface area (Å²) in [5.74, 6) is 0.534. The van der Waals surface area contributed by atoms with Gasteiger partial charge < -0.3 is 20.8 Å². The minimum Gasteiger partial charge on any atom is -0.873 e. The maximum absolute atomic E-state index is 12.2. The standard InChI is InChI=1S/C20H24N4.C14H20Cl2O2.Ni/c1-13-7-5-8-14(2)17(13)23-19-20(22-12-11-21-19)24-18-15(3)9-6-10-16(18)4;1-13(2,3)7-9(15)10(16)8(14(4,5)6)12(18)11(7)17;/h5-10H,11-12H2,1-4H3,(H,21,23)(H,22,24);17-18H,1-6H3;/q;;+2/p-2. The molecule has 0 saturated heterocycles. The van der Waals surface area contributed by atoms with E-state index in [1.807, 2.05) is 41.5 Å². The molecule has 234 valence electrons. The number of hydrogen-bond donors (Lipinski definition) is 2. The van der Waals surface area contributed by atoms with Gasteiger partial charge in [-0.2, -0.15) is 0 Å². The first-order chi connectivity index (χ1) is 19.4. The molecule has 2 N–H and O–H groups in total. The molecule has 0 spiro atoms. The van der Waals surface area contributed by atoms with Gasteiger partial charge >= 0.3 is 16.5 Å². The maximum Gasteiger partial charge on any atom is 2.00 e. The van der Waals surface area contributed by atoms with Crippen molar-refractivity contribution < 1.29 is 26.7 Å². The zero-order valence-corrected chi connectivity index (χ0v) is 29.2. The van der Waals surface area contributed by atoms with Gasteiger partial charge in [-0.1, -0.05) is 101 Å². The van der Waals surface area contributed by atoms with Crippen LogP contribution in [-0.2, 0) is 27.3 Å². The van der Waals surface area contributed by atoms with Crippen LogP contribution < -0.4 is 20.8 Å². The second kappa shape index (κ2) is 14.4. The number of para-hydroxylation sites is 2. The number of nitrogens with one attached hydrogen (secondary N) is 2. The molecule has 1 heterocycles. The van der Waals surface area contributed by atoms with Gasteiger partial charge in [0.25, 0.3) is 0 Å². The van der Waals surface area contributed by atoms with Gasteiger partial charge in [0.15, 0.2) is 11.7 Å². The van der Waals surface area contributed by atoms with Gasteiger partial charge in [0.1, 0.15) is 0 Å². The summed E-state index contributed by atoms with van der Waals surface area (Å²) in [6.07, 6.45) is 0. The Morgan fingerprint density at radius 1 is 0.605 bits per heavy atom. The minimum atomic E-state index is -0.540. The third-order valence-electron chi connectivity index (χ3n) is 7.11. The Kier molecular flexibility index (Phi) is 12.2. The van der Waals surface area contributed by atoms with Crippen LogP contribution in [0.4, 0.5) is 11.4 Å². The molecule has 0 aromatic heterocycles. The molecule has 1 aliphatic rings. The topological polar surface area (TPSA) is 94.9 Å². The fourth-order valence-corrected chi connectivity index (χ4v) is 5.84. The molecule has 43 heavy (non-hydrogen) atoms. The number of aliphatic imine (C=N–C) groups is 2. The smallest absolute Gasteiger partial charge is 0.873 e. The molecule has 4 rings (SSSR count). The molecule has 3 aromatic carbocycles. The Bertz CT molecular complexity index is 1350. The molecule has 0 radical (unpaired) electrons. The van der Waals surface area contributed by atoms with Crippen molar-refractivity contribution in [1.82, 2.24) is 0 Å². The van der Waals surface area contributed by atoms with E-state index < -0.39 is 22.3 Å². The summed E-state index contributed by atoms with van der Waals surface area (Å²) in [5, 5.41) is 31.8. The molecule has 9 heteroatoms. The van der Waals surface area contributed by atoms with Gasteiger partial charge in [0.2, 0.25) is 0 Å². The largest absolute Gasteiger partial charge is 2.00 e. The second-order valence-electron chi connectivity index (χ2n) is 12.8. The van der Waals surface area contributed by atoms with Gasteiger partial charge in [0.05, 0.1) is 23.1 Å². The van der Waals surface area contributed by atoms with Crippen LogP contribution in [0.5, 0.6) is 11.5 Å². The first kappa shape index (κ1) is 36.5. The van der Waals surface area contributed by atoms with Crippen LogP contribution >= 0.6 is 23.2 Å². The van der Waals surface area contributed by atoms with Crippen molar-refractivity contribution in [3.8, 4) is 11.5 Å². The van der Waals surface area contributed by atoms with Gasteiger partial charge in [-0.05, 0) is 71.9 Å². The van der Waals surface area contributed by atoms with Crippen LogP contribution in [0.15, 0.2) is 46.4 Å². The van der Waals surface area contributed by atoms with Crippen molar-refractivity contribution in [2.45, 2.75) is 80.1 Å². The molecular formula is C34H42Cl2N4NiO2. The first-order valence-corrected chi connectivity index (χ1v) is 14.9. The quantitative estimate of drug-likeness (QED) is 0.271. The zero-order chi connectivity index (χ0) is 31.6. The number of rotatable bonds is 2. The van der Waals surface area contributed by atoms with E-state index in [1.54, 1.807) is 0 Å². The van der Waals surface area contributed by atoms with Crippen LogP contribution in [0.25, 0.3) is 0 Å². The van der Waals surface area contributed by atoms with E-state index in [9.17, 15) is 10.2 Å². The summed E-state index contributed by atoms with van der Waals surface area (Å²) in [6, 6.07) is 12.6. The van der Waals surface area contributed by atoms with Crippen LogP contribution in [0.2, 0.25) is 10.0 Å². The van der Waals surface area contributed by atoms with E-state index >= 15 is 0 Å². The fourth-order valence-electron chi connectivity index (χ4n) is 4.92. The zero-order valence-electron chi connectivity index (χ0n) is 26.7.